The SMILES string of the molecule is C=C/C(C)=C\C=C(/C)C(=O)c1cccc(C)c1. The third-order valence-electron chi connectivity index (χ3n) is 2.56. The van der Waals surface area contributed by atoms with Crippen LogP contribution in [0.2, 0.25) is 0 Å². The van der Waals surface area contributed by atoms with E-state index in [1.165, 1.54) is 0 Å². The minimum Gasteiger partial charge on any atom is -0.289 e. The van der Waals surface area contributed by atoms with Gasteiger partial charge >= 0.3 is 0 Å². The number of hydrogen-bond donors (Lipinski definition) is 0. The highest BCUT2D eigenvalue weighted by atomic mass is 16.1. The second-order valence-corrected chi connectivity index (χ2v) is 4.16. The number of Topliss-reactive ketones (excluding diaryl/α,β-unsaturated/α-hetero) is 1. The van der Waals surface area contributed by atoms with Crippen molar-refractivity contribution >= 4 is 5.78 Å². The Morgan fingerprint density at radius 1 is 1.24 bits per heavy atom. The zero-order valence-corrected chi connectivity index (χ0v) is 10.7. The minimum atomic E-state index is 0.0711. The largest absolute Gasteiger partial charge is 0.289 e. The Labute approximate surface area is 103 Å². The van der Waals surface area contributed by atoms with Gasteiger partial charge in [-0.2, -0.15) is 0 Å². The Bertz CT molecular complexity index is 490. The van der Waals surface area contributed by atoms with E-state index < -0.39 is 0 Å². The normalized spacial score (nSPS) is 12.4. The first-order valence-corrected chi connectivity index (χ1v) is 5.63. The summed E-state index contributed by atoms with van der Waals surface area (Å²) in [5, 5.41) is 0. The van der Waals surface area contributed by atoms with Crippen LogP contribution in [0.3, 0.4) is 0 Å². The highest BCUT2D eigenvalue weighted by Crippen LogP contribution is 2.10. The summed E-state index contributed by atoms with van der Waals surface area (Å²) in [6.07, 6.45) is 5.50. The molecular weight excluding hydrogens is 208 g/mol. The summed E-state index contributed by atoms with van der Waals surface area (Å²) in [4.78, 5) is 12.1. The van der Waals surface area contributed by atoms with E-state index in [0.29, 0.717) is 0 Å². The van der Waals surface area contributed by atoms with Gasteiger partial charge in [-0.3, -0.25) is 4.79 Å². The number of ketones is 1. The second-order valence-electron chi connectivity index (χ2n) is 4.16. The van der Waals surface area contributed by atoms with E-state index >= 15 is 0 Å². The molecule has 88 valence electrons. The van der Waals surface area contributed by atoms with Gasteiger partial charge in [-0.1, -0.05) is 54.1 Å². The fourth-order valence-corrected chi connectivity index (χ4v) is 1.41. The van der Waals surface area contributed by atoms with Crippen molar-refractivity contribution in [3.8, 4) is 0 Å². The van der Waals surface area contributed by atoms with Gasteiger partial charge in [0.2, 0.25) is 0 Å². The standard InChI is InChI=1S/C16H18O/c1-5-12(2)9-10-14(4)16(17)15-8-6-7-13(3)11-15/h5-11H,1H2,2-4H3/b12-9-,14-10+. The van der Waals surface area contributed by atoms with Crippen LogP contribution < -0.4 is 0 Å². The van der Waals surface area contributed by atoms with Gasteiger partial charge in [0.15, 0.2) is 5.78 Å². The maximum absolute atomic E-state index is 12.1. The van der Waals surface area contributed by atoms with Crippen molar-refractivity contribution in [3.63, 3.8) is 0 Å². The molecule has 1 nitrogen and oxygen atoms in total. The molecule has 1 heteroatoms. The first kappa shape index (κ1) is 13.2. The van der Waals surface area contributed by atoms with Crippen molar-refractivity contribution in [2.45, 2.75) is 20.8 Å². The predicted molar refractivity (Wildman–Crippen MR) is 73.2 cm³/mol. The number of carbonyl (C=O) groups excluding carboxylic acids is 1. The zero-order valence-electron chi connectivity index (χ0n) is 10.7. The molecule has 0 heterocycles. The smallest absolute Gasteiger partial charge is 0.188 e. The van der Waals surface area contributed by atoms with Crippen LogP contribution in [0.5, 0.6) is 0 Å². The van der Waals surface area contributed by atoms with Crippen LogP contribution in [0, 0.1) is 6.92 Å². The van der Waals surface area contributed by atoms with Crippen LogP contribution in [0.1, 0.15) is 29.8 Å². The third kappa shape index (κ3) is 3.87. The molecular formula is C16H18O. The molecule has 17 heavy (non-hydrogen) atoms. The van der Waals surface area contributed by atoms with Gasteiger partial charge in [0.05, 0.1) is 0 Å². The Hall–Kier alpha value is -1.89. The molecule has 1 rings (SSSR count). The summed E-state index contributed by atoms with van der Waals surface area (Å²) in [5.41, 5.74) is 3.61. The van der Waals surface area contributed by atoms with Gasteiger partial charge in [-0.25, -0.2) is 0 Å². The number of carbonyl (C=O) groups is 1. The average molecular weight is 226 g/mol. The monoisotopic (exact) mass is 226 g/mol. The highest BCUT2D eigenvalue weighted by molar-refractivity contribution is 6.08. The van der Waals surface area contributed by atoms with Gasteiger partial charge in [-0.15, -0.1) is 0 Å². The van der Waals surface area contributed by atoms with Gasteiger partial charge in [0.25, 0.3) is 0 Å². The van der Waals surface area contributed by atoms with Crippen LogP contribution in [0.4, 0.5) is 0 Å². The number of benzene rings is 1. The Balaban J connectivity index is 2.94. The molecule has 0 saturated heterocycles. The minimum absolute atomic E-state index is 0.0711. The highest BCUT2D eigenvalue weighted by Gasteiger charge is 2.06. The molecule has 0 aliphatic rings. The van der Waals surface area contributed by atoms with Crippen molar-refractivity contribution in [2.24, 2.45) is 0 Å². The van der Waals surface area contributed by atoms with Gasteiger partial charge < -0.3 is 0 Å². The van der Waals surface area contributed by atoms with E-state index in [9.17, 15) is 4.79 Å². The summed E-state index contributed by atoms with van der Waals surface area (Å²) in [6, 6.07) is 7.64. The second kappa shape index (κ2) is 6.00. The van der Waals surface area contributed by atoms with Crippen molar-refractivity contribution in [1.29, 1.82) is 0 Å². The maximum atomic E-state index is 12.1. The number of allylic oxidation sites excluding steroid dienone is 5. The van der Waals surface area contributed by atoms with Crippen LogP contribution in [0.25, 0.3) is 0 Å². The maximum Gasteiger partial charge on any atom is 0.188 e. The van der Waals surface area contributed by atoms with Crippen molar-refractivity contribution in [2.75, 3.05) is 0 Å². The van der Waals surface area contributed by atoms with Gasteiger partial charge in [0.1, 0.15) is 0 Å². The van der Waals surface area contributed by atoms with Crippen molar-refractivity contribution in [3.05, 3.63) is 71.3 Å². The molecule has 0 unspecified atom stereocenters. The van der Waals surface area contributed by atoms with Crippen molar-refractivity contribution in [1.82, 2.24) is 0 Å². The van der Waals surface area contributed by atoms with Crippen molar-refractivity contribution < 1.29 is 4.79 Å². The number of rotatable bonds is 4. The lowest BCUT2D eigenvalue weighted by Crippen LogP contribution is -2.00. The molecule has 0 aliphatic heterocycles. The quantitative estimate of drug-likeness (QED) is 0.426. The van der Waals surface area contributed by atoms with E-state index in [1.54, 1.807) is 6.08 Å². The molecule has 0 saturated carbocycles. The van der Waals surface area contributed by atoms with E-state index in [-0.39, 0.29) is 5.78 Å². The molecule has 0 radical (unpaired) electrons. The van der Waals surface area contributed by atoms with E-state index in [4.69, 9.17) is 0 Å². The predicted octanol–water partition coefficient (Wildman–Crippen LogP) is 4.26. The van der Waals surface area contributed by atoms with Crippen LogP contribution >= 0.6 is 0 Å². The molecule has 0 aliphatic carbocycles. The molecule has 0 N–H and O–H groups in total. The van der Waals surface area contributed by atoms with Crippen LogP contribution in [0.15, 0.2) is 60.2 Å². The molecule has 0 spiro atoms. The third-order valence-corrected chi connectivity index (χ3v) is 2.56. The summed E-state index contributed by atoms with van der Waals surface area (Å²) in [5.74, 6) is 0.0711. The Morgan fingerprint density at radius 2 is 1.94 bits per heavy atom. The van der Waals surface area contributed by atoms with Crippen LogP contribution in [-0.4, -0.2) is 5.78 Å². The zero-order chi connectivity index (χ0) is 12.8. The number of aryl methyl sites for hydroxylation is 1. The molecule has 0 bridgehead atoms. The van der Waals surface area contributed by atoms with E-state index in [0.717, 1.165) is 22.3 Å². The lowest BCUT2D eigenvalue weighted by atomic mass is 10.0. The fraction of sp³-hybridized carbons (Fsp3) is 0.188. The number of hydrogen-bond acceptors (Lipinski definition) is 1. The molecule has 0 fully saturated rings. The summed E-state index contributed by atoms with van der Waals surface area (Å²) in [6.45, 7) is 9.44. The Kier molecular flexibility index (Phi) is 4.65. The van der Waals surface area contributed by atoms with Crippen LogP contribution in [-0.2, 0) is 0 Å². The topological polar surface area (TPSA) is 17.1 Å². The average Bonchev–Trinajstić information content (AvgIpc) is 2.34. The lowest BCUT2D eigenvalue weighted by molar-refractivity contribution is 0.103. The molecule has 1 aromatic rings. The Morgan fingerprint density at radius 3 is 2.53 bits per heavy atom. The van der Waals surface area contributed by atoms with E-state index in [1.807, 2.05) is 57.2 Å². The molecule has 1 aromatic carbocycles. The first-order chi connectivity index (χ1) is 8.04. The lowest BCUT2D eigenvalue weighted by Gasteiger charge is -2.01. The summed E-state index contributed by atoms with van der Waals surface area (Å²) in [7, 11) is 0. The van der Waals surface area contributed by atoms with E-state index in [2.05, 4.69) is 6.58 Å². The molecule has 0 amide bonds. The summed E-state index contributed by atoms with van der Waals surface area (Å²) < 4.78 is 0. The van der Waals surface area contributed by atoms with Gasteiger partial charge in [0, 0.05) is 5.56 Å². The fourth-order valence-electron chi connectivity index (χ4n) is 1.41. The van der Waals surface area contributed by atoms with Gasteiger partial charge in [-0.05, 0) is 32.4 Å². The first-order valence-electron chi connectivity index (χ1n) is 5.63. The molecule has 0 atom stereocenters. The molecule has 0 aromatic heterocycles. The summed E-state index contributed by atoms with van der Waals surface area (Å²) >= 11 is 0.